The van der Waals surface area contributed by atoms with Gasteiger partial charge in [-0.15, -0.1) is 0 Å². The van der Waals surface area contributed by atoms with Crippen LogP contribution in [-0.2, 0) is 20.9 Å². The Hall–Kier alpha value is -4.01. The molecule has 3 heterocycles. The second-order valence-corrected chi connectivity index (χ2v) is 9.16. The Balaban J connectivity index is 1.40. The van der Waals surface area contributed by atoms with Gasteiger partial charge >= 0.3 is 0 Å². The lowest BCUT2D eigenvalue weighted by molar-refractivity contribution is -0.907. The number of ketones is 1. The van der Waals surface area contributed by atoms with E-state index in [9.17, 15) is 14.7 Å². The van der Waals surface area contributed by atoms with Crippen molar-refractivity contribution in [2.45, 2.75) is 12.6 Å². The zero-order valence-corrected chi connectivity index (χ0v) is 20.5. The Labute approximate surface area is 215 Å². The molecule has 2 aliphatic rings. The van der Waals surface area contributed by atoms with Gasteiger partial charge in [-0.05, 0) is 41.0 Å². The molecular formula is C29H29N3O5. The van der Waals surface area contributed by atoms with Gasteiger partial charge in [0.25, 0.3) is 5.91 Å². The SMILES string of the molecule is O=C1C(=O)N(CC[NH+]2CCOCC2)C(c2ccncc2)/C1=C(\[O-])c1ccc(OCc2ccccc2)cc1. The molecule has 2 aliphatic heterocycles. The minimum absolute atomic E-state index is 0.0221. The molecule has 8 nitrogen and oxygen atoms in total. The lowest BCUT2D eigenvalue weighted by atomic mass is 9.96. The first-order valence-corrected chi connectivity index (χ1v) is 12.5. The number of amides is 1. The summed E-state index contributed by atoms with van der Waals surface area (Å²) in [5.41, 5.74) is 2.04. The van der Waals surface area contributed by atoms with Crippen molar-refractivity contribution >= 4 is 17.4 Å². The van der Waals surface area contributed by atoms with Crippen LogP contribution >= 0.6 is 0 Å². The maximum absolute atomic E-state index is 13.6. The summed E-state index contributed by atoms with van der Waals surface area (Å²) in [7, 11) is 0. The molecule has 1 amide bonds. The Morgan fingerprint density at radius 3 is 2.41 bits per heavy atom. The van der Waals surface area contributed by atoms with Crippen molar-refractivity contribution in [1.29, 1.82) is 0 Å². The summed E-state index contributed by atoms with van der Waals surface area (Å²) in [4.78, 5) is 33.2. The monoisotopic (exact) mass is 499 g/mol. The highest BCUT2D eigenvalue weighted by Crippen LogP contribution is 2.38. The Bertz CT molecular complexity index is 1260. The van der Waals surface area contributed by atoms with Crippen LogP contribution in [0.4, 0.5) is 0 Å². The molecule has 190 valence electrons. The number of Topliss-reactive ketones (excluding diaryl/α,β-unsaturated/α-hetero) is 1. The number of morpholine rings is 1. The summed E-state index contributed by atoms with van der Waals surface area (Å²) >= 11 is 0. The van der Waals surface area contributed by atoms with Crippen LogP contribution in [0.5, 0.6) is 5.75 Å². The third-order valence-electron chi connectivity index (χ3n) is 6.82. The number of nitrogens with zero attached hydrogens (tertiary/aromatic N) is 2. The van der Waals surface area contributed by atoms with E-state index < -0.39 is 23.5 Å². The predicted octanol–water partition coefficient (Wildman–Crippen LogP) is 0.800. The molecule has 3 aromatic rings. The van der Waals surface area contributed by atoms with E-state index in [4.69, 9.17) is 9.47 Å². The number of pyridine rings is 1. The molecule has 0 aliphatic carbocycles. The summed E-state index contributed by atoms with van der Waals surface area (Å²) < 4.78 is 11.2. The van der Waals surface area contributed by atoms with Crippen LogP contribution < -0.4 is 14.7 Å². The summed E-state index contributed by atoms with van der Waals surface area (Å²) in [6, 6.07) is 19.2. The number of hydrogen-bond donors (Lipinski definition) is 1. The molecule has 0 bridgehead atoms. The van der Waals surface area contributed by atoms with Gasteiger partial charge in [-0.25, -0.2) is 0 Å². The predicted molar refractivity (Wildman–Crippen MR) is 134 cm³/mol. The lowest BCUT2D eigenvalue weighted by Gasteiger charge is -2.30. The van der Waals surface area contributed by atoms with Crippen LogP contribution in [0.2, 0.25) is 0 Å². The number of rotatable bonds is 8. The Morgan fingerprint density at radius 1 is 1.00 bits per heavy atom. The van der Waals surface area contributed by atoms with Crippen molar-refractivity contribution in [2.24, 2.45) is 0 Å². The van der Waals surface area contributed by atoms with Crippen LogP contribution in [0.1, 0.15) is 22.7 Å². The second kappa shape index (κ2) is 11.4. The van der Waals surface area contributed by atoms with Gasteiger partial charge in [-0.1, -0.05) is 48.2 Å². The van der Waals surface area contributed by atoms with Gasteiger partial charge < -0.3 is 24.4 Å². The third kappa shape index (κ3) is 5.55. The zero-order valence-electron chi connectivity index (χ0n) is 20.5. The number of aromatic nitrogens is 1. The molecule has 8 heteroatoms. The Morgan fingerprint density at radius 2 is 1.70 bits per heavy atom. The normalized spacial score (nSPS) is 19.8. The molecule has 2 saturated heterocycles. The molecule has 1 aromatic heterocycles. The lowest BCUT2D eigenvalue weighted by Crippen LogP contribution is -3.14. The number of quaternary nitrogens is 1. The van der Waals surface area contributed by atoms with Crippen LogP contribution in [-0.4, -0.2) is 61.0 Å². The number of benzene rings is 2. The fourth-order valence-corrected chi connectivity index (χ4v) is 4.78. The molecule has 0 saturated carbocycles. The molecule has 0 spiro atoms. The molecule has 0 radical (unpaired) electrons. The largest absolute Gasteiger partial charge is 0.872 e. The van der Waals surface area contributed by atoms with Gasteiger partial charge in [0.05, 0.1) is 32.3 Å². The maximum atomic E-state index is 13.6. The number of nitrogens with one attached hydrogen (secondary N) is 1. The van der Waals surface area contributed by atoms with Crippen LogP contribution in [0, 0.1) is 0 Å². The van der Waals surface area contributed by atoms with Gasteiger partial charge in [-0.2, -0.15) is 0 Å². The first kappa shape index (κ1) is 24.7. The van der Waals surface area contributed by atoms with Crippen molar-refractivity contribution in [3.63, 3.8) is 0 Å². The quantitative estimate of drug-likeness (QED) is 0.280. The molecule has 2 fully saturated rings. The minimum Gasteiger partial charge on any atom is -0.872 e. The van der Waals surface area contributed by atoms with Crippen molar-refractivity contribution in [3.8, 4) is 5.75 Å². The average Bonchev–Trinajstić information content (AvgIpc) is 3.21. The van der Waals surface area contributed by atoms with Crippen molar-refractivity contribution in [1.82, 2.24) is 9.88 Å². The van der Waals surface area contributed by atoms with E-state index in [1.54, 1.807) is 48.8 Å². The molecule has 5 rings (SSSR count). The third-order valence-corrected chi connectivity index (χ3v) is 6.82. The van der Waals surface area contributed by atoms with Crippen molar-refractivity contribution in [2.75, 3.05) is 39.4 Å². The van der Waals surface area contributed by atoms with Crippen LogP contribution in [0.15, 0.2) is 84.7 Å². The number of ether oxygens (including phenoxy) is 2. The van der Waals surface area contributed by atoms with Crippen LogP contribution in [0.3, 0.4) is 0 Å². The van der Waals surface area contributed by atoms with Gasteiger partial charge in [0.1, 0.15) is 25.4 Å². The smallest absolute Gasteiger partial charge is 0.295 e. The first-order chi connectivity index (χ1) is 18.1. The van der Waals surface area contributed by atoms with Crippen molar-refractivity contribution in [3.05, 3.63) is 101 Å². The van der Waals surface area contributed by atoms with Gasteiger partial charge in [-0.3, -0.25) is 14.6 Å². The molecule has 1 atom stereocenters. The summed E-state index contributed by atoms with van der Waals surface area (Å²) in [5, 5.41) is 13.6. The molecular weight excluding hydrogens is 470 g/mol. The van der Waals surface area contributed by atoms with E-state index >= 15 is 0 Å². The standard InChI is InChI=1S/C29H29N3O5/c33-27(23-6-8-24(9-7-23)37-20-21-4-2-1-3-5-21)25-26(22-10-12-30-13-11-22)32(29(35)28(25)34)15-14-31-16-18-36-19-17-31/h1-13,26,33H,14-20H2/b27-25+. The highest BCUT2D eigenvalue weighted by atomic mass is 16.5. The molecule has 1 N–H and O–H groups in total. The molecule has 1 unspecified atom stereocenters. The highest BCUT2D eigenvalue weighted by Gasteiger charge is 2.44. The van der Waals surface area contributed by atoms with Gasteiger partial charge in [0.15, 0.2) is 0 Å². The van der Waals surface area contributed by atoms with E-state index in [2.05, 4.69) is 4.98 Å². The summed E-state index contributed by atoms with van der Waals surface area (Å²) in [5.74, 6) is -1.22. The number of carbonyl (C=O) groups is 2. The zero-order chi connectivity index (χ0) is 25.6. The Kier molecular flexibility index (Phi) is 7.58. The highest BCUT2D eigenvalue weighted by molar-refractivity contribution is 6.46. The fourth-order valence-electron chi connectivity index (χ4n) is 4.78. The minimum atomic E-state index is -0.745. The number of likely N-dealkylation sites (tertiary alicyclic amines) is 1. The topological polar surface area (TPSA) is 96.2 Å². The number of carbonyl (C=O) groups excluding carboxylic acids is 2. The van der Waals surface area contributed by atoms with E-state index in [0.29, 0.717) is 49.8 Å². The summed E-state index contributed by atoms with van der Waals surface area (Å²) in [6.45, 7) is 4.51. The van der Waals surface area contributed by atoms with E-state index in [1.807, 2.05) is 30.3 Å². The van der Waals surface area contributed by atoms with Gasteiger partial charge in [0.2, 0.25) is 5.78 Å². The van der Waals surface area contributed by atoms with E-state index in [-0.39, 0.29) is 5.57 Å². The van der Waals surface area contributed by atoms with E-state index in [1.165, 1.54) is 9.80 Å². The molecule has 2 aromatic carbocycles. The first-order valence-electron chi connectivity index (χ1n) is 12.5. The maximum Gasteiger partial charge on any atom is 0.295 e. The van der Waals surface area contributed by atoms with Crippen LogP contribution in [0.25, 0.3) is 5.76 Å². The second-order valence-electron chi connectivity index (χ2n) is 9.16. The van der Waals surface area contributed by atoms with E-state index in [0.717, 1.165) is 18.7 Å². The van der Waals surface area contributed by atoms with Gasteiger partial charge in [0, 0.05) is 18.0 Å². The fraction of sp³-hybridized carbons (Fsp3) is 0.276. The summed E-state index contributed by atoms with van der Waals surface area (Å²) in [6.07, 6.45) is 3.21. The average molecular weight is 500 g/mol. The van der Waals surface area contributed by atoms with Crippen molar-refractivity contribution < 1.29 is 29.1 Å². The molecule has 37 heavy (non-hydrogen) atoms. The number of hydrogen-bond acceptors (Lipinski definition) is 6.